The third kappa shape index (κ3) is 3.21. The Hall–Kier alpha value is -1.67. The molecule has 2 nitrogen and oxygen atoms in total. The Kier molecular flexibility index (Phi) is 4.01. The Bertz CT molecular complexity index is 595. The molecule has 0 unspecified atom stereocenters. The molecular weight excluding hydrogens is 258 g/mol. The number of phenolic OH excluding ortho intramolecular Hbond substituents is 1. The van der Waals surface area contributed by atoms with Gasteiger partial charge in [0.15, 0.2) is 0 Å². The van der Waals surface area contributed by atoms with Gasteiger partial charge in [0.1, 0.15) is 5.75 Å². The van der Waals surface area contributed by atoms with E-state index in [0.29, 0.717) is 5.02 Å². The van der Waals surface area contributed by atoms with E-state index < -0.39 is 0 Å². The van der Waals surface area contributed by atoms with Crippen LogP contribution in [0.15, 0.2) is 36.4 Å². The molecule has 0 aliphatic heterocycles. The number of anilines is 1. The number of benzene rings is 2. The van der Waals surface area contributed by atoms with Gasteiger partial charge in [-0.2, -0.15) is 0 Å². The van der Waals surface area contributed by atoms with Crippen molar-refractivity contribution in [3.63, 3.8) is 0 Å². The van der Waals surface area contributed by atoms with E-state index in [4.69, 9.17) is 11.6 Å². The summed E-state index contributed by atoms with van der Waals surface area (Å²) >= 11 is 5.98. The van der Waals surface area contributed by atoms with Crippen LogP contribution in [0.1, 0.15) is 29.7 Å². The van der Waals surface area contributed by atoms with E-state index in [0.717, 1.165) is 11.3 Å². The van der Waals surface area contributed by atoms with E-state index in [1.165, 1.54) is 11.1 Å². The predicted octanol–water partition coefficient (Wildman–Crippen LogP) is 4.84. The number of nitrogens with one attached hydrogen (secondary N) is 1. The lowest BCUT2D eigenvalue weighted by molar-refractivity contribution is 0.465. The lowest BCUT2D eigenvalue weighted by Gasteiger charge is -2.19. The van der Waals surface area contributed by atoms with Crippen LogP contribution in [0, 0.1) is 13.8 Å². The fraction of sp³-hybridized carbons (Fsp3) is 0.250. The lowest BCUT2D eigenvalue weighted by atomic mass is 10.1. The lowest BCUT2D eigenvalue weighted by Crippen LogP contribution is -2.08. The second-order valence-electron chi connectivity index (χ2n) is 4.89. The minimum Gasteiger partial charge on any atom is -0.508 e. The normalized spacial score (nSPS) is 12.2. The van der Waals surface area contributed by atoms with Gasteiger partial charge in [-0.05, 0) is 50.6 Å². The molecule has 19 heavy (non-hydrogen) atoms. The molecular formula is C16H18ClNO. The number of hydrogen-bond acceptors (Lipinski definition) is 2. The molecule has 0 fully saturated rings. The van der Waals surface area contributed by atoms with E-state index in [1.807, 2.05) is 6.92 Å². The van der Waals surface area contributed by atoms with Crippen molar-refractivity contribution in [2.75, 3.05) is 5.32 Å². The van der Waals surface area contributed by atoms with Crippen LogP contribution in [0.25, 0.3) is 0 Å². The van der Waals surface area contributed by atoms with Gasteiger partial charge in [0.25, 0.3) is 0 Å². The van der Waals surface area contributed by atoms with Gasteiger partial charge in [-0.15, -0.1) is 0 Å². The van der Waals surface area contributed by atoms with E-state index in [1.54, 1.807) is 18.2 Å². The van der Waals surface area contributed by atoms with Gasteiger partial charge in [0, 0.05) is 16.3 Å². The standard InChI is InChI=1S/C16H18ClNO/c1-10-4-6-15(11(2)8-10)18-12(3)14-9-13(17)5-7-16(14)19/h4-9,12,18-19H,1-3H3/t12-/m1/s1. The third-order valence-electron chi connectivity index (χ3n) is 3.21. The largest absolute Gasteiger partial charge is 0.508 e. The summed E-state index contributed by atoms with van der Waals surface area (Å²) in [7, 11) is 0. The van der Waals surface area contributed by atoms with Crippen LogP contribution >= 0.6 is 11.6 Å². The molecule has 100 valence electrons. The maximum Gasteiger partial charge on any atom is 0.120 e. The molecule has 0 radical (unpaired) electrons. The van der Waals surface area contributed by atoms with Gasteiger partial charge in [-0.3, -0.25) is 0 Å². The van der Waals surface area contributed by atoms with Crippen LogP contribution in [-0.2, 0) is 0 Å². The molecule has 0 amide bonds. The number of aryl methyl sites for hydroxylation is 2. The van der Waals surface area contributed by atoms with E-state index in [2.05, 4.69) is 37.4 Å². The smallest absolute Gasteiger partial charge is 0.120 e. The van der Waals surface area contributed by atoms with E-state index in [-0.39, 0.29) is 11.8 Å². The van der Waals surface area contributed by atoms with Crippen molar-refractivity contribution in [3.05, 3.63) is 58.1 Å². The van der Waals surface area contributed by atoms with Crippen LogP contribution in [0.3, 0.4) is 0 Å². The van der Waals surface area contributed by atoms with Crippen LogP contribution in [-0.4, -0.2) is 5.11 Å². The molecule has 0 bridgehead atoms. The van der Waals surface area contributed by atoms with Crippen molar-refractivity contribution in [1.82, 2.24) is 0 Å². The van der Waals surface area contributed by atoms with Gasteiger partial charge in [-0.1, -0.05) is 29.3 Å². The Labute approximate surface area is 119 Å². The second kappa shape index (κ2) is 5.54. The quantitative estimate of drug-likeness (QED) is 0.840. The maximum absolute atomic E-state index is 9.90. The van der Waals surface area contributed by atoms with Crippen molar-refractivity contribution >= 4 is 17.3 Å². The van der Waals surface area contributed by atoms with Gasteiger partial charge >= 0.3 is 0 Å². The second-order valence-corrected chi connectivity index (χ2v) is 5.32. The minimum atomic E-state index is -0.0138. The van der Waals surface area contributed by atoms with Crippen molar-refractivity contribution in [3.8, 4) is 5.75 Å². The zero-order valence-corrected chi connectivity index (χ0v) is 12.1. The average molecular weight is 276 g/mol. The predicted molar refractivity (Wildman–Crippen MR) is 81.1 cm³/mol. The Morgan fingerprint density at radius 1 is 1.11 bits per heavy atom. The molecule has 0 saturated carbocycles. The average Bonchev–Trinajstić information content (AvgIpc) is 2.35. The van der Waals surface area contributed by atoms with Gasteiger partial charge in [0.2, 0.25) is 0 Å². The van der Waals surface area contributed by atoms with Crippen LogP contribution in [0.4, 0.5) is 5.69 Å². The molecule has 0 aromatic heterocycles. The summed E-state index contributed by atoms with van der Waals surface area (Å²) < 4.78 is 0. The summed E-state index contributed by atoms with van der Waals surface area (Å²) in [4.78, 5) is 0. The minimum absolute atomic E-state index is 0.0138. The fourth-order valence-electron chi connectivity index (χ4n) is 2.16. The summed E-state index contributed by atoms with van der Waals surface area (Å²) in [5.41, 5.74) is 4.29. The van der Waals surface area contributed by atoms with Crippen LogP contribution < -0.4 is 5.32 Å². The van der Waals surface area contributed by atoms with Crippen molar-refractivity contribution < 1.29 is 5.11 Å². The summed E-state index contributed by atoms with van der Waals surface area (Å²) in [5.74, 6) is 0.258. The molecule has 0 heterocycles. The molecule has 2 N–H and O–H groups in total. The molecule has 0 spiro atoms. The number of aromatic hydroxyl groups is 1. The number of halogens is 1. The maximum atomic E-state index is 9.90. The van der Waals surface area contributed by atoms with Crippen molar-refractivity contribution in [1.29, 1.82) is 0 Å². The highest BCUT2D eigenvalue weighted by Crippen LogP contribution is 2.30. The Morgan fingerprint density at radius 3 is 2.53 bits per heavy atom. The number of phenols is 1. The van der Waals surface area contributed by atoms with Gasteiger partial charge < -0.3 is 10.4 Å². The topological polar surface area (TPSA) is 32.3 Å². The van der Waals surface area contributed by atoms with Gasteiger partial charge in [-0.25, -0.2) is 0 Å². The first-order valence-corrected chi connectivity index (χ1v) is 6.67. The zero-order valence-electron chi connectivity index (χ0n) is 11.4. The highest BCUT2D eigenvalue weighted by molar-refractivity contribution is 6.30. The Morgan fingerprint density at radius 2 is 1.84 bits per heavy atom. The third-order valence-corrected chi connectivity index (χ3v) is 3.45. The number of rotatable bonds is 3. The van der Waals surface area contributed by atoms with E-state index in [9.17, 15) is 5.11 Å². The first-order valence-electron chi connectivity index (χ1n) is 6.29. The summed E-state index contributed by atoms with van der Waals surface area (Å²) in [6.07, 6.45) is 0. The molecule has 0 aliphatic carbocycles. The van der Waals surface area contributed by atoms with Crippen molar-refractivity contribution in [2.24, 2.45) is 0 Å². The summed E-state index contributed by atoms with van der Waals surface area (Å²) in [5, 5.41) is 13.9. The molecule has 2 rings (SSSR count). The molecule has 3 heteroatoms. The molecule has 0 aliphatic rings. The molecule has 2 aromatic carbocycles. The Balaban J connectivity index is 2.25. The molecule has 0 saturated heterocycles. The highest BCUT2D eigenvalue weighted by Gasteiger charge is 2.11. The highest BCUT2D eigenvalue weighted by atomic mass is 35.5. The zero-order chi connectivity index (χ0) is 14.0. The fourth-order valence-corrected chi connectivity index (χ4v) is 2.34. The number of hydrogen-bond donors (Lipinski definition) is 2. The monoisotopic (exact) mass is 275 g/mol. The van der Waals surface area contributed by atoms with Crippen molar-refractivity contribution in [2.45, 2.75) is 26.8 Å². The SMILES string of the molecule is Cc1ccc(N[C@H](C)c2cc(Cl)ccc2O)c(C)c1. The van der Waals surface area contributed by atoms with Crippen LogP contribution in [0.5, 0.6) is 5.75 Å². The van der Waals surface area contributed by atoms with E-state index >= 15 is 0 Å². The van der Waals surface area contributed by atoms with Gasteiger partial charge in [0.05, 0.1) is 6.04 Å². The molecule has 1 atom stereocenters. The van der Waals surface area contributed by atoms with Crippen LogP contribution in [0.2, 0.25) is 5.02 Å². The summed E-state index contributed by atoms with van der Waals surface area (Å²) in [6.45, 7) is 6.15. The first-order chi connectivity index (χ1) is 8.97. The summed E-state index contributed by atoms with van der Waals surface area (Å²) in [6, 6.07) is 11.3. The molecule has 2 aromatic rings. The first kappa shape index (κ1) is 13.8.